The molecule has 0 bridgehead atoms. The number of rotatable bonds is 6. The Morgan fingerprint density at radius 2 is 1.48 bits per heavy atom. The van der Waals surface area contributed by atoms with E-state index in [-0.39, 0.29) is 18.3 Å². The van der Waals surface area contributed by atoms with Gasteiger partial charge in [0, 0.05) is 6.54 Å². The minimum Gasteiger partial charge on any atom is -0.457 e. The Morgan fingerprint density at radius 3 is 2.04 bits per heavy atom. The van der Waals surface area contributed by atoms with Gasteiger partial charge in [-0.15, -0.1) is 0 Å². The lowest BCUT2D eigenvalue weighted by Crippen LogP contribution is -2.41. The number of hydrogen-bond acceptors (Lipinski definition) is 4. The molecular weight excluding hydrogens is 337 g/mol. The Balaban J connectivity index is 1.76. The van der Waals surface area contributed by atoms with Gasteiger partial charge in [-0.05, 0) is 70.0 Å². The van der Waals surface area contributed by atoms with Gasteiger partial charge in [0.25, 0.3) is 0 Å². The number of nitrogens with one attached hydrogen (secondary N) is 1. The summed E-state index contributed by atoms with van der Waals surface area (Å²) >= 11 is 0. The molecule has 1 fully saturated rings. The van der Waals surface area contributed by atoms with Crippen LogP contribution in [0.15, 0.2) is 60.1 Å². The summed E-state index contributed by atoms with van der Waals surface area (Å²) in [7, 11) is 1.57. The lowest BCUT2D eigenvalue weighted by Gasteiger charge is -2.32. The van der Waals surface area contributed by atoms with Crippen LogP contribution in [0.25, 0.3) is 6.08 Å². The van der Waals surface area contributed by atoms with Crippen LogP contribution in [0.5, 0.6) is 11.5 Å². The van der Waals surface area contributed by atoms with E-state index in [1.54, 1.807) is 0 Å². The normalized spacial score (nSPS) is 18.6. The second-order valence-corrected chi connectivity index (χ2v) is 7.82. The summed E-state index contributed by atoms with van der Waals surface area (Å²) in [5.74, 6) is 1.64. The van der Waals surface area contributed by atoms with Crippen LogP contribution < -0.4 is 10.1 Å². The molecule has 4 nitrogen and oxygen atoms in total. The molecule has 5 heteroatoms. The van der Waals surface area contributed by atoms with Crippen LogP contribution in [0.1, 0.15) is 33.3 Å². The maximum absolute atomic E-state index is 6.20. The Bertz CT molecular complexity index is 769. The van der Waals surface area contributed by atoms with Crippen LogP contribution in [0.3, 0.4) is 0 Å². The van der Waals surface area contributed by atoms with E-state index >= 15 is 0 Å². The average molecular weight is 365 g/mol. The highest BCUT2D eigenvalue weighted by Crippen LogP contribution is 2.38. The van der Waals surface area contributed by atoms with E-state index in [0.29, 0.717) is 6.54 Å². The van der Waals surface area contributed by atoms with Gasteiger partial charge in [-0.1, -0.05) is 36.4 Å². The van der Waals surface area contributed by atoms with Gasteiger partial charge in [-0.25, -0.2) is 0 Å². The van der Waals surface area contributed by atoms with Crippen LogP contribution in [0.2, 0.25) is 0 Å². The first-order valence-electron chi connectivity index (χ1n) is 9.34. The number of ether oxygens (including phenoxy) is 1. The zero-order valence-electron chi connectivity index (χ0n) is 16.8. The number of hydrogen-bond donors (Lipinski definition) is 1. The summed E-state index contributed by atoms with van der Waals surface area (Å²) in [6, 6.07) is 17.8. The zero-order valence-corrected chi connectivity index (χ0v) is 16.8. The molecule has 1 saturated heterocycles. The molecule has 0 amide bonds. The predicted molar refractivity (Wildman–Crippen MR) is 111 cm³/mol. The molecule has 0 unspecified atom stereocenters. The van der Waals surface area contributed by atoms with E-state index in [0.717, 1.165) is 22.5 Å². The first-order chi connectivity index (χ1) is 12.8. The lowest BCUT2D eigenvalue weighted by molar-refractivity contribution is 0.00578. The highest BCUT2D eigenvalue weighted by atomic mass is 16.7. The van der Waals surface area contributed by atoms with Gasteiger partial charge in [0.05, 0.1) is 11.2 Å². The second-order valence-electron chi connectivity index (χ2n) is 7.82. The van der Waals surface area contributed by atoms with E-state index in [2.05, 4.69) is 39.1 Å². The van der Waals surface area contributed by atoms with E-state index in [9.17, 15) is 0 Å². The maximum atomic E-state index is 6.20. The highest BCUT2D eigenvalue weighted by molar-refractivity contribution is 6.55. The standard InChI is InChI=1S/C22H28BNO3/c1-21(2)22(3,4)27-23(26-21)18(16-24-5)15-17-11-13-20(14-12-17)25-19-9-7-6-8-10-19/h6-15,24H,16H2,1-5H3. The Hall–Kier alpha value is -2.08. The number of benzene rings is 2. The molecule has 1 aliphatic heterocycles. The molecule has 0 spiro atoms. The number of para-hydroxylation sites is 1. The first-order valence-corrected chi connectivity index (χ1v) is 9.34. The van der Waals surface area contributed by atoms with E-state index in [4.69, 9.17) is 14.0 Å². The fourth-order valence-electron chi connectivity index (χ4n) is 2.87. The molecule has 0 atom stereocenters. The topological polar surface area (TPSA) is 39.7 Å². The summed E-state index contributed by atoms with van der Waals surface area (Å²) in [6.45, 7) is 8.97. The highest BCUT2D eigenvalue weighted by Gasteiger charge is 2.52. The van der Waals surface area contributed by atoms with Gasteiger partial charge in [-0.3, -0.25) is 0 Å². The Labute approximate surface area is 162 Å². The summed E-state index contributed by atoms with van der Waals surface area (Å²) < 4.78 is 18.3. The van der Waals surface area contributed by atoms with Gasteiger partial charge in [-0.2, -0.15) is 0 Å². The molecule has 0 aromatic heterocycles. The molecule has 1 aliphatic rings. The van der Waals surface area contributed by atoms with Crippen molar-refractivity contribution in [1.29, 1.82) is 0 Å². The van der Waals surface area contributed by atoms with Crippen molar-refractivity contribution in [2.75, 3.05) is 13.6 Å². The third kappa shape index (κ3) is 4.61. The third-order valence-corrected chi connectivity index (χ3v) is 5.15. The Kier molecular flexibility index (Phi) is 5.75. The van der Waals surface area contributed by atoms with E-state index in [1.165, 1.54) is 0 Å². The molecule has 142 valence electrons. The zero-order chi connectivity index (χ0) is 19.5. The average Bonchev–Trinajstić information content (AvgIpc) is 2.85. The van der Waals surface area contributed by atoms with Crippen molar-refractivity contribution >= 4 is 13.2 Å². The summed E-state index contributed by atoms with van der Waals surface area (Å²) in [4.78, 5) is 0. The molecule has 2 aromatic rings. The first kappa shape index (κ1) is 19.7. The molecule has 1 N–H and O–H groups in total. The van der Waals surface area contributed by atoms with Crippen LogP contribution in [0, 0.1) is 0 Å². The van der Waals surface area contributed by atoms with Crippen molar-refractivity contribution in [2.24, 2.45) is 0 Å². The van der Waals surface area contributed by atoms with Crippen LogP contribution in [-0.4, -0.2) is 31.9 Å². The van der Waals surface area contributed by atoms with Gasteiger partial charge in [0.15, 0.2) is 0 Å². The lowest BCUT2D eigenvalue weighted by atomic mass is 9.77. The number of likely N-dealkylation sites (N-methyl/N-ethyl adjacent to an activating group) is 1. The van der Waals surface area contributed by atoms with E-state index < -0.39 is 0 Å². The largest absolute Gasteiger partial charge is 0.491 e. The predicted octanol–water partition coefficient (Wildman–Crippen LogP) is 4.71. The quantitative estimate of drug-likeness (QED) is 0.753. The fourth-order valence-corrected chi connectivity index (χ4v) is 2.87. The van der Waals surface area contributed by atoms with Crippen molar-refractivity contribution in [3.8, 4) is 11.5 Å². The molecule has 2 aromatic carbocycles. The summed E-state index contributed by atoms with van der Waals surface area (Å²) in [5.41, 5.74) is 1.44. The molecule has 27 heavy (non-hydrogen) atoms. The van der Waals surface area contributed by atoms with Crippen molar-refractivity contribution in [1.82, 2.24) is 5.32 Å². The second kappa shape index (κ2) is 7.89. The molecule has 0 radical (unpaired) electrons. The molecule has 1 heterocycles. The third-order valence-electron chi connectivity index (χ3n) is 5.15. The maximum Gasteiger partial charge on any atom is 0.491 e. The summed E-state index contributed by atoms with van der Waals surface area (Å²) in [5, 5.41) is 3.21. The van der Waals surface area contributed by atoms with E-state index in [1.807, 2.05) is 61.6 Å². The minimum absolute atomic E-state index is 0.349. The fraction of sp³-hybridized carbons (Fsp3) is 0.364. The van der Waals surface area contributed by atoms with Crippen molar-refractivity contribution in [2.45, 2.75) is 38.9 Å². The smallest absolute Gasteiger partial charge is 0.457 e. The van der Waals surface area contributed by atoms with Gasteiger partial charge >= 0.3 is 7.12 Å². The molecular formula is C22H28BNO3. The minimum atomic E-state index is -0.359. The van der Waals surface area contributed by atoms with Gasteiger partial charge < -0.3 is 19.4 Å². The van der Waals surface area contributed by atoms with Crippen LogP contribution in [-0.2, 0) is 9.31 Å². The molecule has 3 rings (SSSR count). The SMILES string of the molecule is CNCC(=Cc1ccc(Oc2ccccc2)cc1)B1OC(C)(C)C(C)(C)O1. The van der Waals surface area contributed by atoms with Crippen molar-refractivity contribution in [3.05, 3.63) is 65.6 Å². The Morgan fingerprint density at radius 1 is 0.926 bits per heavy atom. The van der Waals surface area contributed by atoms with Crippen molar-refractivity contribution in [3.63, 3.8) is 0 Å². The van der Waals surface area contributed by atoms with Gasteiger partial charge in [0.1, 0.15) is 11.5 Å². The molecule has 0 aliphatic carbocycles. The molecule has 0 saturated carbocycles. The monoisotopic (exact) mass is 365 g/mol. The summed E-state index contributed by atoms with van der Waals surface area (Å²) in [6.07, 6.45) is 2.12. The van der Waals surface area contributed by atoms with Gasteiger partial charge in [0.2, 0.25) is 0 Å². The van der Waals surface area contributed by atoms with Crippen LogP contribution >= 0.6 is 0 Å². The van der Waals surface area contributed by atoms with Crippen molar-refractivity contribution < 1.29 is 14.0 Å². The van der Waals surface area contributed by atoms with Crippen LogP contribution in [0.4, 0.5) is 0 Å².